The van der Waals surface area contributed by atoms with Crippen LogP contribution in [-0.4, -0.2) is 94.7 Å². The molecular weight excluding hydrogens is 470 g/mol. The van der Waals surface area contributed by atoms with E-state index in [1.807, 2.05) is 40.1 Å². The molecular formula is C28H35N5O4. The van der Waals surface area contributed by atoms with Crippen molar-refractivity contribution >= 4 is 17.7 Å². The van der Waals surface area contributed by atoms with Crippen LogP contribution in [0.4, 0.5) is 0 Å². The fourth-order valence-corrected chi connectivity index (χ4v) is 6.28. The van der Waals surface area contributed by atoms with Crippen molar-refractivity contribution in [1.29, 1.82) is 0 Å². The molecule has 9 nitrogen and oxygen atoms in total. The summed E-state index contributed by atoms with van der Waals surface area (Å²) in [6.07, 6.45) is 4.31. The number of aromatic nitrogens is 2. The molecule has 2 aromatic rings. The van der Waals surface area contributed by atoms with Crippen molar-refractivity contribution in [3.63, 3.8) is 0 Å². The highest BCUT2D eigenvalue weighted by Gasteiger charge is 2.62. The van der Waals surface area contributed by atoms with E-state index < -0.39 is 0 Å². The van der Waals surface area contributed by atoms with Gasteiger partial charge in [-0.1, -0.05) is 44.2 Å². The second kappa shape index (κ2) is 8.97. The molecule has 196 valence electrons. The van der Waals surface area contributed by atoms with Gasteiger partial charge in [0.05, 0.1) is 37.4 Å². The molecule has 4 aliphatic rings. The first-order chi connectivity index (χ1) is 17.8. The quantitative estimate of drug-likeness (QED) is 0.618. The summed E-state index contributed by atoms with van der Waals surface area (Å²) in [7, 11) is 0. The maximum Gasteiger partial charge on any atom is 0.257 e. The average Bonchev–Trinajstić information content (AvgIpc) is 3.21. The summed E-state index contributed by atoms with van der Waals surface area (Å²) >= 11 is 0. The van der Waals surface area contributed by atoms with Gasteiger partial charge in [0.25, 0.3) is 5.91 Å². The van der Waals surface area contributed by atoms with E-state index in [0.717, 1.165) is 12.0 Å². The third kappa shape index (κ3) is 4.43. The fraction of sp³-hybridized carbons (Fsp3) is 0.571. The summed E-state index contributed by atoms with van der Waals surface area (Å²) < 4.78 is 7.22. The van der Waals surface area contributed by atoms with E-state index in [2.05, 4.69) is 18.9 Å². The second-order valence-electron chi connectivity index (χ2n) is 11.9. The van der Waals surface area contributed by atoms with Crippen molar-refractivity contribution < 1.29 is 19.1 Å². The summed E-state index contributed by atoms with van der Waals surface area (Å²) in [5, 5.41) is 4.40. The molecule has 1 aromatic heterocycles. The first-order valence-corrected chi connectivity index (χ1v) is 13.3. The van der Waals surface area contributed by atoms with Crippen LogP contribution in [-0.2, 0) is 20.9 Å². The first-order valence-electron chi connectivity index (χ1n) is 13.3. The largest absolute Gasteiger partial charge is 0.378 e. The third-order valence-electron chi connectivity index (χ3n) is 8.76. The molecule has 2 atom stereocenters. The van der Waals surface area contributed by atoms with E-state index in [4.69, 9.17) is 4.74 Å². The van der Waals surface area contributed by atoms with Crippen molar-refractivity contribution in [2.45, 2.75) is 26.8 Å². The Morgan fingerprint density at radius 3 is 2.27 bits per heavy atom. The van der Waals surface area contributed by atoms with Crippen LogP contribution in [0.15, 0.2) is 42.7 Å². The van der Waals surface area contributed by atoms with Crippen molar-refractivity contribution in [3.05, 3.63) is 53.9 Å². The summed E-state index contributed by atoms with van der Waals surface area (Å²) in [5.74, 6) is -0.0699. The first kappa shape index (κ1) is 24.2. The van der Waals surface area contributed by atoms with Gasteiger partial charge in [0.1, 0.15) is 0 Å². The van der Waals surface area contributed by atoms with Gasteiger partial charge in [-0.2, -0.15) is 5.10 Å². The molecule has 3 aliphatic heterocycles. The molecule has 1 spiro atoms. The second-order valence-corrected chi connectivity index (χ2v) is 11.9. The van der Waals surface area contributed by atoms with Crippen LogP contribution in [0.3, 0.4) is 0 Å². The topological polar surface area (TPSA) is 88.0 Å². The SMILES string of the molecule is CC1(C)C[C@@H]1C(=O)N1CC2(CN(C(=O)c3cnn(Cc4ccccc4)c3)C[C@H]2C(=O)N2CCOCC2)C1. The highest BCUT2D eigenvalue weighted by Crippen LogP contribution is 2.54. The number of carbonyl (C=O) groups is 3. The van der Waals surface area contributed by atoms with Gasteiger partial charge in [0.2, 0.25) is 11.8 Å². The Kier molecular flexibility index (Phi) is 5.86. The zero-order valence-electron chi connectivity index (χ0n) is 21.6. The molecule has 1 aromatic carbocycles. The maximum absolute atomic E-state index is 13.7. The minimum absolute atomic E-state index is 0.0699. The lowest BCUT2D eigenvalue weighted by atomic mass is 9.70. The standard InChI is InChI=1S/C28H35N5O4/c1-27(2)12-22(27)25(35)32-18-28(19-32)17-31(16-23(28)26(36)30-8-10-37-11-9-30)24(34)21-13-29-33(15-21)14-20-6-4-3-5-7-20/h3-7,13,15,22-23H,8-12,14,16-19H2,1-2H3/t22-,23+/m1/s1. The van der Waals surface area contributed by atoms with Crippen LogP contribution in [0.1, 0.15) is 36.2 Å². The molecule has 3 amide bonds. The number of nitrogens with zero attached hydrogens (tertiary/aromatic N) is 5. The van der Waals surface area contributed by atoms with Gasteiger partial charge in [-0.3, -0.25) is 19.1 Å². The fourth-order valence-electron chi connectivity index (χ4n) is 6.28. The Hall–Kier alpha value is -3.20. The number of ether oxygens (including phenoxy) is 1. The van der Waals surface area contributed by atoms with Crippen LogP contribution in [0.25, 0.3) is 0 Å². The number of likely N-dealkylation sites (tertiary alicyclic amines) is 2. The lowest BCUT2D eigenvalue weighted by molar-refractivity contribution is -0.156. The molecule has 4 heterocycles. The number of benzene rings is 1. The maximum atomic E-state index is 13.7. The molecule has 9 heteroatoms. The van der Waals surface area contributed by atoms with Crippen LogP contribution < -0.4 is 0 Å². The van der Waals surface area contributed by atoms with E-state index >= 15 is 0 Å². The predicted octanol–water partition coefficient (Wildman–Crippen LogP) is 1.74. The van der Waals surface area contributed by atoms with E-state index in [9.17, 15) is 14.4 Å². The average molecular weight is 506 g/mol. The molecule has 6 rings (SSSR count). The summed E-state index contributed by atoms with van der Waals surface area (Å²) in [5.41, 5.74) is 1.32. The summed E-state index contributed by atoms with van der Waals surface area (Å²) in [4.78, 5) is 45.8. The van der Waals surface area contributed by atoms with Crippen molar-refractivity contribution in [3.8, 4) is 0 Å². The van der Waals surface area contributed by atoms with Crippen LogP contribution in [0, 0.1) is 22.7 Å². The summed E-state index contributed by atoms with van der Waals surface area (Å²) in [6.45, 7) is 9.00. The lowest BCUT2D eigenvalue weighted by Gasteiger charge is -2.51. The van der Waals surface area contributed by atoms with Crippen molar-refractivity contribution in [2.24, 2.45) is 22.7 Å². The zero-order chi connectivity index (χ0) is 25.8. The molecule has 3 saturated heterocycles. The molecule has 1 saturated carbocycles. The lowest BCUT2D eigenvalue weighted by Crippen LogP contribution is -2.65. The summed E-state index contributed by atoms with van der Waals surface area (Å²) in [6, 6.07) is 10.00. The van der Waals surface area contributed by atoms with Crippen molar-refractivity contribution in [1.82, 2.24) is 24.5 Å². The van der Waals surface area contributed by atoms with Crippen LogP contribution in [0.5, 0.6) is 0 Å². The van der Waals surface area contributed by atoms with Gasteiger partial charge in [-0.15, -0.1) is 0 Å². The van der Waals surface area contributed by atoms with E-state index in [1.54, 1.807) is 22.0 Å². The number of hydrogen-bond acceptors (Lipinski definition) is 5. The Morgan fingerprint density at radius 1 is 0.946 bits per heavy atom. The Balaban J connectivity index is 1.18. The van der Waals surface area contributed by atoms with E-state index in [-0.39, 0.29) is 40.4 Å². The molecule has 37 heavy (non-hydrogen) atoms. The Morgan fingerprint density at radius 2 is 1.59 bits per heavy atom. The Bertz CT molecular complexity index is 1200. The zero-order valence-corrected chi connectivity index (χ0v) is 21.6. The molecule has 0 unspecified atom stereocenters. The number of amides is 3. The third-order valence-corrected chi connectivity index (χ3v) is 8.76. The van der Waals surface area contributed by atoms with Gasteiger partial charge in [-0.25, -0.2) is 0 Å². The Labute approximate surface area is 217 Å². The van der Waals surface area contributed by atoms with Gasteiger partial charge < -0.3 is 19.4 Å². The minimum atomic E-state index is -0.389. The van der Waals surface area contributed by atoms with Gasteiger partial charge in [-0.05, 0) is 17.4 Å². The molecule has 0 radical (unpaired) electrons. The predicted molar refractivity (Wildman–Crippen MR) is 135 cm³/mol. The number of morpholine rings is 1. The van der Waals surface area contributed by atoms with E-state index in [0.29, 0.717) is 64.6 Å². The number of carbonyl (C=O) groups excluding carboxylic acids is 3. The molecule has 0 N–H and O–H groups in total. The number of hydrogen-bond donors (Lipinski definition) is 0. The van der Waals surface area contributed by atoms with Crippen molar-refractivity contribution in [2.75, 3.05) is 52.5 Å². The van der Waals surface area contributed by atoms with Gasteiger partial charge in [0, 0.05) is 56.8 Å². The number of rotatable bonds is 5. The van der Waals surface area contributed by atoms with Crippen LogP contribution in [0.2, 0.25) is 0 Å². The highest BCUT2D eigenvalue weighted by atomic mass is 16.5. The smallest absolute Gasteiger partial charge is 0.257 e. The van der Waals surface area contributed by atoms with Crippen LogP contribution >= 0.6 is 0 Å². The minimum Gasteiger partial charge on any atom is -0.378 e. The van der Waals surface area contributed by atoms with Gasteiger partial charge in [0.15, 0.2) is 0 Å². The van der Waals surface area contributed by atoms with E-state index in [1.165, 1.54) is 0 Å². The molecule has 4 fully saturated rings. The normalized spacial score (nSPS) is 25.7. The van der Waals surface area contributed by atoms with Gasteiger partial charge >= 0.3 is 0 Å². The molecule has 1 aliphatic carbocycles. The highest BCUT2D eigenvalue weighted by molar-refractivity contribution is 5.95. The monoisotopic (exact) mass is 505 g/mol. The molecule has 0 bridgehead atoms.